The third-order valence-electron chi connectivity index (χ3n) is 4.17. The molecule has 118 valence electrons. The zero-order valence-corrected chi connectivity index (χ0v) is 13.4. The monoisotopic (exact) mass is 294 g/mol. The van der Waals surface area contributed by atoms with Gasteiger partial charge in [-0.15, -0.1) is 0 Å². The minimum Gasteiger partial charge on any atom is -0.381 e. The summed E-state index contributed by atoms with van der Waals surface area (Å²) in [6.45, 7) is 7.49. The minimum absolute atomic E-state index is 0.0104. The number of hydrogen-bond donors (Lipinski definition) is 1. The van der Waals surface area contributed by atoms with Crippen molar-refractivity contribution in [3.05, 3.63) is 29.6 Å². The smallest absolute Gasteiger partial charge is 0.130 e. The Balaban J connectivity index is 2.15. The predicted octanol–water partition coefficient (Wildman–Crippen LogP) is 3.36. The Morgan fingerprint density at radius 3 is 2.95 bits per heavy atom. The molecule has 1 aliphatic heterocycles. The maximum Gasteiger partial charge on any atom is 0.130 e. The molecule has 1 saturated heterocycles. The maximum absolute atomic E-state index is 14.3. The van der Waals surface area contributed by atoms with Gasteiger partial charge in [0, 0.05) is 37.5 Å². The van der Waals surface area contributed by atoms with E-state index in [9.17, 15) is 4.39 Å². The Morgan fingerprint density at radius 2 is 2.29 bits per heavy atom. The molecule has 1 aromatic rings. The number of rotatable bonds is 6. The molecule has 4 heteroatoms. The highest BCUT2D eigenvalue weighted by atomic mass is 19.1. The lowest BCUT2D eigenvalue weighted by atomic mass is 10.00. The fraction of sp³-hybridized carbons (Fsp3) is 0.647. The Hall–Kier alpha value is -1.13. The number of anilines is 1. The van der Waals surface area contributed by atoms with E-state index in [1.54, 1.807) is 12.1 Å². The number of ether oxygens (including phenoxy) is 1. The van der Waals surface area contributed by atoms with Crippen molar-refractivity contribution in [2.24, 2.45) is 5.92 Å². The molecule has 1 aliphatic rings. The van der Waals surface area contributed by atoms with Gasteiger partial charge in [0.2, 0.25) is 0 Å². The zero-order chi connectivity index (χ0) is 15.2. The molecule has 0 radical (unpaired) electrons. The Labute approximate surface area is 127 Å². The maximum atomic E-state index is 14.3. The Kier molecular flexibility index (Phi) is 6.00. The highest BCUT2D eigenvalue weighted by molar-refractivity contribution is 5.55. The van der Waals surface area contributed by atoms with Crippen molar-refractivity contribution in [1.82, 2.24) is 5.32 Å². The number of hydrogen-bond acceptors (Lipinski definition) is 3. The SMILES string of the molecule is CCNC(C)c1c(F)cccc1N(C)CC1CCCOC1. The predicted molar refractivity (Wildman–Crippen MR) is 85.3 cm³/mol. The molecule has 2 atom stereocenters. The van der Waals surface area contributed by atoms with Crippen molar-refractivity contribution in [3.8, 4) is 0 Å². The summed E-state index contributed by atoms with van der Waals surface area (Å²) in [4.78, 5) is 2.17. The van der Waals surface area contributed by atoms with E-state index in [2.05, 4.69) is 10.2 Å². The zero-order valence-electron chi connectivity index (χ0n) is 13.4. The van der Waals surface area contributed by atoms with Crippen LogP contribution in [0.5, 0.6) is 0 Å². The fourth-order valence-corrected chi connectivity index (χ4v) is 3.13. The summed E-state index contributed by atoms with van der Waals surface area (Å²) in [7, 11) is 2.05. The molecule has 1 N–H and O–H groups in total. The van der Waals surface area contributed by atoms with Crippen LogP contribution in [-0.2, 0) is 4.74 Å². The van der Waals surface area contributed by atoms with E-state index in [4.69, 9.17) is 4.74 Å². The third-order valence-corrected chi connectivity index (χ3v) is 4.17. The van der Waals surface area contributed by atoms with E-state index in [1.807, 2.05) is 27.0 Å². The van der Waals surface area contributed by atoms with E-state index < -0.39 is 0 Å². The summed E-state index contributed by atoms with van der Waals surface area (Å²) < 4.78 is 19.8. The molecular formula is C17H27FN2O. The summed E-state index contributed by atoms with van der Waals surface area (Å²) >= 11 is 0. The van der Waals surface area contributed by atoms with E-state index in [-0.39, 0.29) is 11.9 Å². The first-order valence-corrected chi connectivity index (χ1v) is 7.94. The van der Waals surface area contributed by atoms with Crippen molar-refractivity contribution in [1.29, 1.82) is 0 Å². The normalized spacial score (nSPS) is 20.3. The van der Waals surface area contributed by atoms with E-state index >= 15 is 0 Å². The number of nitrogens with zero attached hydrogens (tertiary/aromatic N) is 1. The lowest BCUT2D eigenvalue weighted by Gasteiger charge is -2.31. The van der Waals surface area contributed by atoms with Crippen LogP contribution in [0.25, 0.3) is 0 Å². The largest absolute Gasteiger partial charge is 0.381 e. The van der Waals surface area contributed by atoms with Crippen LogP contribution in [0.15, 0.2) is 18.2 Å². The van der Waals surface area contributed by atoms with E-state index in [0.717, 1.165) is 44.0 Å². The second kappa shape index (κ2) is 7.76. The lowest BCUT2D eigenvalue weighted by molar-refractivity contribution is 0.0576. The fourth-order valence-electron chi connectivity index (χ4n) is 3.13. The molecule has 0 aliphatic carbocycles. The van der Waals surface area contributed by atoms with Gasteiger partial charge in [-0.05, 0) is 44.4 Å². The molecule has 0 spiro atoms. The number of benzene rings is 1. The van der Waals surface area contributed by atoms with Crippen molar-refractivity contribution in [2.45, 2.75) is 32.7 Å². The molecule has 2 rings (SSSR count). The van der Waals surface area contributed by atoms with Gasteiger partial charge >= 0.3 is 0 Å². The molecule has 1 heterocycles. The van der Waals surface area contributed by atoms with Crippen LogP contribution in [0.3, 0.4) is 0 Å². The molecule has 0 amide bonds. The van der Waals surface area contributed by atoms with Crippen LogP contribution in [0.1, 0.15) is 38.3 Å². The average Bonchev–Trinajstić information content (AvgIpc) is 2.48. The van der Waals surface area contributed by atoms with Gasteiger partial charge in [-0.1, -0.05) is 13.0 Å². The van der Waals surface area contributed by atoms with Gasteiger partial charge in [0.15, 0.2) is 0 Å². The average molecular weight is 294 g/mol. The van der Waals surface area contributed by atoms with Gasteiger partial charge in [0.25, 0.3) is 0 Å². The molecule has 1 fully saturated rings. The van der Waals surface area contributed by atoms with Gasteiger partial charge in [-0.2, -0.15) is 0 Å². The van der Waals surface area contributed by atoms with Gasteiger partial charge in [-0.25, -0.2) is 4.39 Å². The van der Waals surface area contributed by atoms with Gasteiger partial charge in [-0.3, -0.25) is 0 Å². The second-order valence-corrected chi connectivity index (χ2v) is 5.92. The van der Waals surface area contributed by atoms with Crippen LogP contribution in [0.2, 0.25) is 0 Å². The topological polar surface area (TPSA) is 24.5 Å². The van der Waals surface area contributed by atoms with Crippen LogP contribution in [0, 0.1) is 11.7 Å². The highest BCUT2D eigenvalue weighted by Gasteiger charge is 2.21. The van der Waals surface area contributed by atoms with E-state index in [1.165, 1.54) is 6.42 Å². The molecular weight excluding hydrogens is 267 g/mol. The number of halogens is 1. The van der Waals surface area contributed by atoms with Gasteiger partial charge in [0.1, 0.15) is 5.82 Å². The van der Waals surface area contributed by atoms with Gasteiger partial charge < -0.3 is 15.0 Å². The van der Waals surface area contributed by atoms with Crippen LogP contribution >= 0.6 is 0 Å². The second-order valence-electron chi connectivity index (χ2n) is 5.92. The summed E-state index contributed by atoms with van der Waals surface area (Å²) in [5, 5.41) is 3.31. The first-order valence-electron chi connectivity index (χ1n) is 7.94. The van der Waals surface area contributed by atoms with Crippen molar-refractivity contribution < 1.29 is 9.13 Å². The summed E-state index contributed by atoms with van der Waals surface area (Å²) in [6, 6.07) is 5.36. The van der Waals surface area contributed by atoms with Crippen molar-refractivity contribution in [3.63, 3.8) is 0 Å². The quantitative estimate of drug-likeness (QED) is 0.870. The summed E-state index contributed by atoms with van der Waals surface area (Å²) in [5.74, 6) is 0.405. The Bertz CT molecular complexity index is 446. The first kappa shape index (κ1) is 16.2. The molecule has 2 unspecified atom stereocenters. The van der Waals surface area contributed by atoms with Crippen molar-refractivity contribution >= 4 is 5.69 Å². The minimum atomic E-state index is -0.132. The molecule has 21 heavy (non-hydrogen) atoms. The standard InChI is InChI=1S/C17H27FN2O/c1-4-19-13(2)17-15(18)8-5-9-16(17)20(3)11-14-7-6-10-21-12-14/h5,8-9,13-14,19H,4,6-7,10-12H2,1-3H3. The Morgan fingerprint density at radius 1 is 1.48 bits per heavy atom. The summed E-state index contributed by atoms with van der Waals surface area (Å²) in [6.07, 6.45) is 2.32. The van der Waals surface area contributed by atoms with Crippen LogP contribution in [-0.4, -0.2) is 33.4 Å². The lowest BCUT2D eigenvalue weighted by Crippen LogP contribution is -2.32. The van der Waals surface area contributed by atoms with Gasteiger partial charge in [0.05, 0.1) is 6.61 Å². The first-order chi connectivity index (χ1) is 10.1. The van der Waals surface area contributed by atoms with Crippen LogP contribution < -0.4 is 10.2 Å². The molecule has 1 aromatic carbocycles. The van der Waals surface area contributed by atoms with Crippen molar-refractivity contribution in [2.75, 3.05) is 38.3 Å². The third kappa shape index (κ3) is 4.17. The van der Waals surface area contributed by atoms with Crippen LogP contribution in [0.4, 0.5) is 10.1 Å². The number of nitrogens with one attached hydrogen (secondary N) is 1. The molecule has 0 aromatic heterocycles. The summed E-state index contributed by atoms with van der Waals surface area (Å²) in [5.41, 5.74) is 1.74. The highest BCUT2D eigenvalue weighted by Crippen LogP contribution is 2.29. The van der Waals surface area contributed by atoms with E-state index in [0.29, 0.717) is 5.92 Å². The molecule has 0 saturated carbocycles. The molecule has 0 bridgehead atoms. The molecule has 3 nitrogen and oxygen atoms in total.